The number of amides is 2. The van der Waals surface area contributed by atoms with E-state index in [4.69, 9.17) is 0 Å². The molecule has 8 nitrogen and oxygen atoms in total. The normalized spacial score (nSPS) is 20.0. The third-order valence-electron chi connectivity index (χ3n) is 4.01. The zero-order chi connectivity index (χ0) is 17.6. The minimum atomic E-state index is -0.802. The van der Waals surface area contributed by atoms with Crippen LogP contribution >= 0.6 is 0 Å². The lowest BCUT2D eigenvalue weighted by atomic mass is 10.0. The summed E-state index contributed by atoms with van der Waals surface area (Å²) in [5.74, 6) is -0.844. The maximum atomic E-state index is 12.0. The monoisotopic (exact) mass is 341 g/mol. The molecule has 1 aromatic heterocycles. The van der Waals surface area contributed by atoms with Gasteiger partial charge in [0.2, 0.25) is 0 Å². The molecule has 0 unspecified atom stereocenters. The van der Waals surface area contributed by atoms with Crippen LogP contribution in [0, 0.1) is 0 Å². The van der Waals surface area contributed by atoms with Crippen molar-refractivity contribution in [3.63, 3.8) is 0 Å². The molecular formula is C17H19N5O3. The molecular weight excluding hydrogens is 322 g/mol. The van der Waals surface area contributed by atoms with Crippen LogP contribution in [0.1, 0.15) is 6.42 Å². The standard InChI is InChI=1S/C17H19N5O3/c23-14-11-22(15-10-18-7-8-19-15)9-6-13(14)21-17(25)16(24)20-12-4-2-1-3-5-12/h1-5,7-8,10,13-14,23H,6,9,11H2,(H,20,24)(H,21,25)/t13-,14-/m1/s1. The highest BCUT2D eigenvalue weighted by atomic mass is 16.3. The summed E-state index contributed by atoms with van der Waals surface area (Å²) in [5, 5.41) is 15.4. The van der Waals surface area contributed by atoms with Crippen molar-refractivity contribution in [2.75, 3.05) is 23.3 Å². The number of aliphatic hydroxyl groups is 1. The van der Waals surface area contributed by atoms with Crippen LogP contribution in [0.2, 0.25) is 0 Å². The summed E-state index contributed by atoms with van der Waals surface area (Å²) in [6, 6.07) is 8.25. The van der Waals surface area contributed by atoms with Gasteiger partial charge in [0.05, 0.1) is 18.3 Å². The molecule has 0 spiro atoms. The van der Waals surface area contributed by atoms with Crippen molar-refractivity contribution in [2.45, 2.75) is 18.6 Å². The molecule has 2 amide bonds. The summed E-state index contributed by atoms with van der Waals surface area (Å²) in [6.07, 6.45) is 4.49. The van der Waals surface area contributed by atoms with Crippen molar-refractivity contribution < 1.29 is 14.7 Å². The largest absolute Gasteiger partial charge is 0.389 e. The highest BCUT2D eigenvalue weighted by molar-refractivity contribution is 6.39. The molecule has 0 bridgehead atoms. The first-order chi connectivity index (χ1) is 12.1. The number of carbonyl (C=O) groups excluding carboxylic acids is 2. The molecule has 1 saturated heterocycles. The maximum Gasteiger partial charge on any atom is 0.313 e. The quantitative estimate of drug-likeness (QED) is 0.687. The van der Waals surface area contributed by atoms with Gasteiger partial charge in [-0.05, 0) is 18.6 Å². The number of aliphatic hydroxyl groups excluding tert-OH is 1. The lowest BCUT2D eigenvalue weighted by Crippen LogP contribution is -2.56. The van der Waals surface area contributed by atoms with E-state index in [1.807, 2.05) is 11.0 Å². The van der Waals surface area contributed by atoms with Crippen molar-refractivity contribution in [1.29, 1.82) is 0 Å². The predicted octanol–water partition coefficient (Wildman–Crippen LogP) is 0.171. The number of para-hydroxylation sites is 1. The fourth-order valence-electron chi connectivity index (χ4n) is 2.71. The van der Waals surface area contributed by atoms with E-state index in [2.05, 4.69) is 20.6 Å². The summed E-state index contributed by atoms with van der Waals surface area (Å²) in [5.41, 5.74) is 0.542. The summed E-state index contributed by atoms with van der Waals surface area (Å²) >= 11 is 0. The average molecular weight is 341 g/mol. The van der Waals surface area contributed by atoms with Crippen LogP contribution in [-0.4, -0.2) is 52.1 Å². The SMILES string of the molecule is O=C(Nc1ccccc1)C(=O)N[C@@H]1CCN(c2cnccn2)C[C@H]1O. The molecule has 1 fully saturated rings. The predicted molar refractivity (Wildman–Crippen MR) is 91.9 cm³/mol. The molecule has 2 heterocycles. The van der Waals surface area contributed by atoms with Crippen LogP contribution in [0.15, 0.2) is 48.9 Å². The fraction of sp³-hybridized carbons (Fsp3) is 0.294. The Bertz CT molecular complexity index is 726. The van der Waals surface area contributed by atoms with Gasteiger partial charge in [-0.3, -0.25) is 14.6 Å². The molecule has 2 aromatic rings. The van der Waals surface area contributed by atoms with E-state index in [9.17, 15) is 14.7 Å². The average Bonchev–Trinajstić information content (AvgIpc) is 2.65. The second-order valence-electron chi connectivity index (χ2n) is 5.77. The van der Waals surface area contributed by atoms with Crippen molar-refractivity contribution in [3.8, 4) is 0 Å². The minimum Gasteiger partial charge on any atom is -0.389 e. The molecule has 1 aromatic carbocycles. The Morgan fingerprint density at radius 1 is 1.16 bits per heavy atom. The van der Waals surface area contributed by atoms with Crippen LogP contribution in [0.3, 0.4) is 0 Å². The van der Waals surface area contributed by atoms with Gasteiger partial charge in [0, 0.05) is 31.2 Å². The summed E-state index contributed by atoms with van der Waals surface area (Å²) in [7, 11) is 0. The summed E-state index contributed by atoms with van der Waals surface area (Å²) in [6.45, 7) is 0.908. The van der Waals surface area contributed by atoms with Gasteiger partial charge in [0.25, 0.3) is 0 Å². The van der Waals surface area contributed by atoms with Crippen LogP contribution < -0.4 is 15.5 Å². The van der Waals surface area contributed by atoms with E-state index in [0.29, 0.717) is 31.0 Å². The molecule has 3 rings (SSSR count). The van der Waals surface area contributed by atoms with Crippen LogP contribution in [0.5, 0.6) is 0 Å². The lowest BCUT2D eigenvalue weighted by molar-refractivity contribution is -0.137. The number of β-amino-alcohol motifs (C(OH)–C–C–N with tert-alkyl or cyclic N) is 1. The molecule has 25 heavy (non-hydrogen) atoms. The number of hydrogen-bond donors (Lipinski definition) is 3. The van der Waals surface area contributed by atoms with Gasteiger partial charge in [-0.2, -0.15) is 0 Å². The van der Waals surface area contributed by atoms with Gasteiger partial charge in [-0.25, -0.2) is 4.98 Å². The molecule has 3 N–H and O–H groups in total. The maximum absolute atomic E-state index is 12.0. The van der Waals surface area contributed by atoms with E-state index in [-0.39, 0.29) is 0 Å². The smallest absolute Gasteiger partial charge is 0.313 e. The Morgan fingerprint density at radius 3 is 2.64 bits per heavy atom. The first-order valence-corrected chi connectivity index (χ1v) is 7.99. The molecule has 0 saturated carbocycles. The number of nitrogens with zero attached hydrogens (tertiary/aromatic N) is 3. The number of rotatable bonds is 3. The molecule has 1 aliphatic rings. The second-order valence-corrected chi connectivity index (χ2v) is 5.77. The molecule has 2 atom stereocenters. The number of benzene rings is 1. The molecule has 0 aliphatic carbocycles. The van der Waals surface area contributed by atoms with Crippen molar-refractivity contribution >= 4 is 23.3 Å². The summed E-state index contributed by atoms with van der Waals surface area (Å²) in [4.78, 5) is 34.1. The van der Waals surface area contributed by atoms with Crippen molar-refractivity contribution in [2.24, 2.45) is 0 Å². The van der Waals surface area contributed by atoms with Gasteiger partial charge >= 0.3 is 11.8 Å². The Morgan fingerprint density at radius 2 is 1.96 bits per heavy atom. The number of aromatic nitrogens is 2. The van der Waals surface area contributed by atoms with Gasteiger partial charge in [-0.15, -0.1) is 0 Å². The van der Waals surface area contributed by atoms with Gasteiger partial charge < -0.3 is 20.6 Å². The van der Waals surface area contributed by atoms with Crippen LogP contribution in [-0.2, 0) is 9.59 Å². The number of hydrogen-bond acceptors (Lipinski definition) is 6. The third-order valence-corrected chi connectivity index (χ3v) is 4.01. The fourth-order valence-corrected chi connectivity index (χ4v) is 2.71. The second kappa shape index (κ2) is 7.71. The Labute approximate surface area is 144 Å². The molecule has 1 aliphatic heterocycles. The Hall–Kier alpha value is -3.00. The highest BCUT2D eigenvalue weighted by Crippen LogP contribution is 2.17. The number of anilines is 2. The molecule has 0 radical (unpaired) electrons. The lowest BCUT2D eigenvalue weighted by Gasteiger charge is -2.36. The van der Waals surface area contributed by atoms with Crippen LogP contribution in [0.25, 0.3) is 0 Å². The third kappa shape index (κ3) is 4.30. The van der Waals surface area contributed by atoms with Gasteiger partial charge in [-0.1, -0.05) is 18.2 Å². The Kier molecular flexibility index (Phi) is 5.20. The first-order valence-electron chi connectivity index (χ1n) is 7.99. The molecule has 130 valence electrons. The van der Waals surface area contributed by atoms with E-state index in [0.717, 1.165) is 0 Å². The van der Waals surface area contributed by atoms with Crippen LogP contribution in [0.4, 0.5) is 11.5 Å². The first kappa shape index (κ1) is 16.8. The number of piperidine rings is 1. The van der Waals surface area contributed by atoms with E-state index in [1.54, 1.807) is 42.9 Å². The van der Waals surface area contributed by atoms with Gasteiger partial charge in [0.15, 0.2) is 0 Å². The number of carbonyl (C=O) groups is 2. The topological polar surface area (TPSA) is 107 Å². The molecule has 8 heteroatoms. The summed E-state index contributed by atoms with van der Waals surface area (Å²) < 4.78 is 0. The van der Waals surface area contributed by atoms with E-state index in [1.165, 1.54) is 0 Å². The Balaban J connectivity index is 1.53. The minimum absolute atomic E-state index is 0.309. The van der Waals surface area contributed by atoms with Crippen molar-refractivity contribution in [1.82, 2.24) is 15.3 Å². The van der Waals surface area contributed by atoms with E-state index < -0.39 is 24.0 Å². The number of nitrogens with one attached hydrogen (secondary N) is 2. The van der Waals surface area contributed by atoms with E-state index >= 15 is 0 Å². The zero-order valence-corrected chi connectivity index (χ0v) is 13.5. The zero-order valence-electron chi connectivity index (χ0n) is 13.5. The van der Waals surface area contributed by atoms with Crippen molar-refractivity contribution in [3.05, 3.63) is 48.9 Å². The highest BCUT2D eigenvalue weighted by Gasteiger charge is 2.31. The van der Waals surface area contributed by atoms with Gasteiger partial charge in [0.1, 0.15) is 5.82 Å².